The molecule has 0 bridgehead atoms. The Kier molecular flexibility index (Phi) is 7.22. The average Bonchev–Trinajstić information content (AvgIpc) is 3.18. The van der Waals surface area contributed by atoms with Gasteiger partial charge in [0, 0.05) is 56.9 Å². The molecule has 3 rings (SSSR count). The third-order valence-corrected chi connectivity index (χ3v) is 5.78. The third-order valence-electron chi connectivity index (χ3n) is 4.91. The van der Waals surface area contributed by atoms with E-state index < -0.39 is 0 Å². The van der Waals surface area contributed by atoms with Crippen LogP contribution in [-0.2, 0) is 13.1 Å². The molecule has 0 aliphatic carbocycles. The van der Waals surface area contributed by atoms with Gasteiger partial charge in [-0.15, -0.1) is 11.3 Å². The van der Waals surface area contributed by atoms with Gasteiger partial charge < -0.3 is 20.4 Å². The van der Waals surface area contributed by atoms with E-state index in [1.807, 2.05) is 12.3 Å². The van der Waals surface area contributed by atoms with Crippen molar-refractivity contribution in [1.82, 2.24) is 25.5 Å². The van der Waals surface area contributed by atoms with Crippen LogP contribution >= 0.6 is 11.3 Å². The van der Waals surface area contributed by atoms with E-state index in [-0.39, 0.29) is 0 Å². The summed E-state index contributed by atoms with van der Waals surface area (Å²) in [7, 11) is 3.96. The zero-order valence-electron chi connectivity index (χ0n) is 17.3. The number of piperazine rings is 1. The second-order valence-electron chi connectivity index (χ2n) is 7.38. The molecule has 1 aliphatic heterocycles. The molecule has 0 radical (unpaired) electrons. The lowest BCUT2D eigenvalue weighted by Gasteiger charge is -2.34. The molecule has 3 heterocycles. The van der Waals surface area contributed by atoms with Gasteiger partial charge in [0.1, 0.15) is 10.8 Å². The van der Waals surface area contributed by atoms with Crippen LogP contribution in [0.25, 0.3) is 0 Å². The van der Waals surface area contributed by atoms with Gasteiger partial charge in [-0.25, -0.2) is 9.97 Å². The van der Waals surface area contributed by atoms with E-state index in [0.29, 0.717) is 19.0 Å². The Bertz CT molecular complexity index is 778. The fraction of sp³-hybridized carbons (Fsp3) is 0.550. The highest BCUT2D eigenvalue weighted by molar-refractivity contribution is 7.09. The monoisotopic (exact) mass is 401 g/mol. The lowest BCUT2D eigenvalue weighted by atomic mass is 10.2. The summed E-state index contributed by atoms with van der Waals surface area (Å²) < 4.78 is 0. The van der Waals surface area contributed by atoms with Crippen LogP contribution in [0.4, 0.5) is 5.82 Å². The molecule has 8 heteroatoms. The van der Waals surface area contributed by atoms with Gasteiger partial charge in [-0.2, -0.15) is 0 Å². The van der Waals surface area contributed by atoms with Crippen molar-refractivity contribution in [2.75, 3.05) is 45.2 Å². The molecule has 28 heavy (non-hydrogen) atoms. The molecule has 2 aromatic rings. The Hall–Kier alpha value is -2.19. The third kappa shape index (κ3) is 5.42. The number of hydrogen-bond acceptors (Lipinski definition) is 6. The Morgan fingerprint density at radius 2 is 1.96 bits per heavy atom. The molecule has 0 aromatic carbocycles. The second kappa shape index (κ2) is 9.84. The van der Waals surface area contributed by atoms with Crippen molar-refractivity contribution in [2.45, 2.75) is 32.9 Å². The van der Waals surface area contributed by atoms with Crippen molar-refractivity contribution < 1.29 is 0 Å². The maximum absolute atomic E-state index is 4.67. The van der Waals surface area contributed by atoms with Crippen LogP contribution in [0.1, 0.15) is 36.0 Å². The molecule has 0 amide bonds. The minimum atomic E-state index is 0.459. The number of anilines is 1. The number of nitrogens with one attached hydrogen (secondary N) is 2. The summed E-state index contributed by atoms with van der Waals surface area (Å²) in [5, 5.41) is 9.98. The van der Waals surface area contributed by atoms with Gasteiger partial charge in [0.2, 0.25) is 0 Å². The predicted molar refractivity (Wildman–Crippen MR) is 117 cm³/mol. The lowest BCUT2D eigenvalue weighted by Crippen LogP contribution is -2.45. The Labute approximate surface area is 171 Å². The van der Waals surface area contributed by atoms with Gasteiger partial charge in [-0.1, -0.05) is 19.9 Å². The standard InChI is InChI=1S/C20H31N7S/c1-15(2)17-14-28-18(25-17)13-24-20(21-3)23-12-16-6-5-7-22-19(16)27-10-8-26(4)9-11-27/h5-7,14-15H,8-13H2,1-4H3,(H2,21,23,24). The summed E-state index contributed by atoms with van der Waals surface area (Å²) >= 11 is 1.69. The normalized spacial score (nSPS) is 15.9. The zero-order valence-corrected chi connectivity index (χ0v) is 18.1. The van der Waals surface area contributed by atoms with Crippen molar-refractivity contribution in [3.8, 4) is 0 Å². The van der Waals surface area contributed by atoms with Gasteiger partial charge in [0.05, 0.1) is 12.2 Å². The molecular formula is C20H31N7S. The number of guanidine groups is 1. The molecule has 1 fully saturated rings. The molecule has 2 N–H and O–H groups in total. The van der Waals surface area contributed by atoms with Gasteiger partial charge in [-0.3, -0.25) is 4.99 Å². The van der Waals surface area contributed by atoms with Crippen molar-refractivity contribution in [3.05, 3.63) is 40.0 Å². The van der Waals surface area contributed by atoms with E-state index in [1.165, 1.54) is 5.56 Å². The molecule has 152 valence electrons. The van der Waals surface area contributed by atoms with Crippen LogP contribution in [0.3, 0.4) is 0 Å². The first-order valence-corrected chi connectivity index (χ1v) is 10.7. The van der Waals surface area contributed by atoms with E-state index in [4.69, 9.17) is 0 Å². The number of aromatic nitrogens is 2. The highest BCUT2D eigenvalue weighted by Gasteiger charge is 2.18. The highest BCUT2D eigenvalue weighted by Crippen LogP contribution is 2.19. The molecule has 0 unspecified atom stereocenters. The first-order valence-electron chi connectivity index (χ1n) is 9.83. The van der Waals surface area contributed by atoms with E-state index >= 15 is 0 Å². The summed E-state index contributed by atoms with van der Waals surface area (Å²) in [4.78, 5) is 18.4. The van der Waals surface area contributed by atoms with Crippen LogP contribution in [0.2, 0.25) is 0 Å². The first kappa shape index (κ1) is 20.5. The SMILES string of the molecule is CN=C(NCc1nc(C(C)C)cs1)NCc1cccnc1N1CCN(C)CC1. The predicted octanol–water partition coefficient (Wildman–Crippen LogP) is 2.28. The number of likely N-dealkylation sites (N-methyl/N-ethyl adjacent to an activating group) is 1. The van der Waals surface area contributed by atoms with Gasteiger partial charge >= 0.3 is 0 Å². The molecule has 0 saturated carbocycles. The molecule has 7 nitrogen and oxygen atoms in total. The quantitative estimate of drug-likeness (QED) is 0.572. The number of aliphatic imine (C=N–C) groups is 1. The van der Waals surface area contributed by atoms with Crippen LogP contribution in [0.15, 0.2) is 28.7 Å². The second-order valence-corrected chi connectivity index (χ2v) is 8.32. The molecular weight excluding hydrogens is 370 g/mol. The number of pyridine rings is 1. The molecule has 1 aliphatic rings. The Morgan fingerprint density at radius 3 is 2.64 bits per heavy atom. The van der Waals surface area contributed by atoms with Crippen molar-refractivity contribution in [1.29, 1.82) is 0 Å². The largest absolute Gasteiger partial charge is 0.354 e. The summed E-state index contributed by atoms with van der Waals surface area (Å²) in [6.45, 7) is 9.85. The van der Waals surface area contributed by atoms with E-state index in [9.17, 15) is 0 Å². The topological polar surface area (TPSA) is 68.7 Å². The van der Waals surface area contributed by atoms with E-state index in [1.54, 1.807) is 18.4 Å². The highest BCUT2D eigenvalue weighted by atomic mass is 32.1. The van der Waals surface area contributed by atoms with Gasteiger partial charge in [-0.05, 0) is 19.0 Å². The number of rotatable bonds is 6. The Morgan fingerprint density at radius 1 is 1.21 bits per heavy atom. The smallest absolute Gasteiger partial charge is 0.191 e. The number of nitrogens with zero attached hydrogens (tertiary/aromatic N) is 5. The molecule has 0 atom stereocenters. The van der Waals surface area contributed by atoms with Crippen molar-refractivity contribution in [2.24, 2.45) is 4.99 Å². The van der Waals surface area contributed by atoms with Crippen LogP contribution in [0, 0.1) is 0 Å². The molecule has 1 saturated heterocycles. The number of thiazole rings is 1. The summed E-state index contributed by atoms with van der Waals surface area (Å²) in [5.74, 6) is 2.30. The molecule has 0 spiro atoms. The van der Waals surface area contributed by atoms with Crippen LogP contribution < -0.4 is 15.5 Å². The van der Waals surface area contributed by atoms with Gasteiger partial charge in [0.25, 0.3) is 0 Å². The van der Waals surface area contributed by atoms with Gasteiger partial charge in [0.15, 0.2) is 5.96 Å². The fourth-order valence-electron chi connectivity index (χ4n) is 3.10. The maximum atomic E-state index is 4.67. The van der Waals surface area contributed by atoms with E-state index in [2.05, 4.69) is 67.7 Å². The Balaban J connectivity index is 1.56. The van der Waals surface area contributed by atoms with Crippen molar-refractivity contribution >= 4 is 23.1 Å². The van der Waals surface area contributed by atoms with Crippen LogP contribution in [-0.4, -0.2) is 61.1 Å². The minimum Gasteiger partial charge on any atom is -0.354 e. The summed E-state index contributed by atoms with van der Waals surface area (Å²) in [6.07, 6.45) is 1.87. The maximum Gasteiger partial charge on any atom is 0.191 e. The van der Waals surface area contributed by atoms with Crippen LogP contribution in [0.5, 0.6) is 0 Å². The van der Waals surface area contributed by atoms with E-state index in [0.717, 1.165) is 48.7 Å². The zero-order chi connectivity index (χ0) is 19.9. The minimum absolute atomic E-state index is 0.459. The summed E-state index contributed by atoms with van der Waals surface area (Å²) in [5.41, 5.74) is 2.34. The fourth-order valence-corrected chi connectivity index (χ4v) is 4.00. The molecule has 2 aromatic heterocycles. The first-order chi connectivity index (χ1) is 13.6. The number of hydrogen-bond donors (Lipinski definition) is 2. The summed E-state index contributed by atoms with van der Waals surface area (Å²) in [6, 6.07) is 4.13. The lowest BCUT2D eigenvalue weighted by molar-refractivity contribution is 0.312. The average molecular weight is 402 g/mol. The van der Waals surface area contributed by atoms with Crippen molar-refractivity contribution in [3.63, 3.8) is 0 Å².